The summed E-state index contributed by atoms with van der Waals surface area (Å²) in [5, 5.41) is 0. The lowest BCUT2D eigenvalue weighted by Crippen LogP contribution is -2.36. The van der Waals surface area contributed by atoms with E-state index in [0.717, 1.165) is 25.3 Å². The molecule has 0 radical (unpaired) electrons. The maximum atomic E-state index is 4.73. The van der Waals surface area contributed by atoms with E-state index in [-0.39, 0.29) is 0 Å². The third kappa shape index (κ3) is 2.53. The van der Waals surface area contributed by atoms with E-state index in [0.29, 0.717) is 0 Å². The average molecular weight is 250 g/mol. The van der Waals surface area contributed by atoms with Crippen molar-refractivity contribution in [2.24, 2.45) is 4.99 Å². The molecule has 0 atom stereocenters. The van der Waals surface area contributed by atoms with E-state index < -0.39 is 0 Å². The molecule has 0 amide bonds. The molecule has 0 saturated heterocycles. The number of hydrogen-bond acceptors (Lipinski definition) is 2. The molecular weight excluding hydrogens is 232 g/mol. The lowest BCUT2D eigenvalue weighted by molar-refractivity contribution is 0.790. The first-order valence-corrected chi connectivity index (χ1v) is 6.79. The van der Waals surface area contributed by atoms with Gasteiger partial charge < -0.3 is 4.90 Å². The summed E-state index contributed by atoms with van der Waals surface area (Å²) in [6.45, 7) is 4.07. The Morgan fingerprint density at radius 1 is 0.947 bits per heavy atom. The molecule has 0 spiro atoms. The Labute approximate surface area is 114 Å². The van der Waals surface area contributed by atoms with E-state index in [1.54, 1.807) is 0 Å². The molecule has 1 aliphatic heterocycles. The molecule has 1 heterocycles. The second-order valence-electron chi connectivity index (χ2n) is 4.91. The number of benzene rings is 2. The summed E-state index contributed by atoms with van der Waals surface area (Å²) in [5.74, 6) is 1.09. The van der Waals surface area contributed by atoms with Crippen molar-refractivity contribution in [3.63, 3.8) is 0 Å². The van der Waals surface area contributed by atoms with Crippen molar-refractivity contribution >= 4 is 11.5 Å². The normalized spacial score (nSPS) is 15.2. The van der Waals surface area contributed by atoms with Crippen molar-refractivity contribution < 1.29 is 0 Å². The van der Waals surface area contributed by atoms with Gasteiger partial charge in [0.25, 0.3) is 0 Å². The maximum Gasteiger partial charge on any atom is 0.135 e. The zero-order valence-electron chi connectivity index (χ0n) is 11.2. The quantitative estimate of drug-likeness (QED) is 0.794. The van der Waals surface area contributed by atoms with Gasteiger partial charge in [0.15, 0.2) is 0 Å². The summed E-state index contributed by atoms with van der Waals surface area (Å²) in [4.78, 5) is 7.04. The Bertz CT molecular complexity index is 570. The Morgan fingerprint density at radius 2 is 1.68 bits per heavy atom. The average Bonchev–Trinajstić information content (AvgIpc) is 2.49. The molecule has 2 aromatic carbocycles. The van der Waals surface area contributed by atoms with Crippen molar-refractivity contribution in [3.8, 4) is 0 Å². The lowest BCUT2D eigenvalue weighted by atomic mass is 10.1. The van der Waals surface area contributed by atoms with Crippen LogP contribution in [0.5, 0.6) is 0 Å². The van der Waals surface area contributed by atoms with Crippen LogP contribution in [0.25, 0.3) is 0 Å². The van der Waals surface area contributed by atoms with Crippen LogP contribution in [-0.4, -0.2) is 18.9 Å². The largest absolute Gasteiger partial charge is 0.326 e. The van der Waals surface area contributed by atoms with Gasteiger partial charge in [-0.2, -0.15) is 0 Å². The lowest BCUT2D eigenvalue weighted by Gasteiger charge is -2.29. The number of hydrogen-bond donors (Lipinski definition) is 0. The summed E-state index contributed by atoms with van der Waals surface area (Å²) in [6.07, 6.45) is 1.12. The summed E-state index contributed by atoms with van der Waals surface area (Å²) >= 11 is 0. The maximum absolute atomic E-state index is 4.73. The number of amidine groups is 1. The second kappa shape index (κ2) is 5.27. The van der Waals surface area contributed by atoms with Crippen LogP contribution in [0.15, 0.2) is 59.6 Å². The molecule has 96 valence electrons. The first-order valence-electron chi connectivity index (χ1n) is 6.79. The fraction of sp³-hybridized carbons (Fsp3) is 0.235. The Kier molecular flexibility index (Phi) is 3.32. The van der Waals surface area contributed by atoms with Gasteiger partial charge in [-0.3, -0.25) is 4.99 Å². The minimum Gasteiger partial charge on any atom is -0.326 e. The molecule has 0 fully saturated rings. The van der Waals surface area contributed by atoms with Crippen molar-refractivity contribution in [3.05, 3.63) is 65.7 Å². The smallest absolute Gasteiger partial charge is 0.135 e. The van der Waals surface area contributed by atoms with Gasteiger partial charge in [0.1, 0.15) is 5.84 Å². The van der Waals surface area contributed by atoms with Gasteiger partial charge in [0.2, 0.25) is 0 Å². The van der Waals surface area contributed by atoms with Gasteiger partial charge in [0.05, 0.1) is 0 Å². The molecule has 0 N–H and O–H groups in total. The number of aryl methyl sites for hydroxylation is 1. The van der Waals surface area contributed by atoms with Gasteiger partial charge in [-0.15, -0.1) is 0 Å². The van der Waals surface area contributed by atoms with E-state index in [1.807, 2.05) is 0 Å². The Morgan fingerprint density at radius 3 is 2.42 bits per heavy atom. The summed E-state index contributed by atoms with van der Waals surface area (Å²) in [5.41, 5.74) is 3.71. The molecule has 0 aromatic heterocycles. The van der Waals surface area contributed by atoms with E-state index in [9.17, 15) is 0 Å². The van der Waals surface area contributed by atoms with Crippen LogP contribution in [0.4, 0.5) is 5.69 Å². The monoisotopic (exact) mass is 250 g/mol. The van der Waals surface area contributed by atoms with Crippen LogP contribution in [0, 0.1) is 6.92 Å². The third-order valence-corrected chi connectivity index (χ3v) is 3.43. The molecule has 0 unspecified atom stereocenters. The number of para-hydroxylation sites is 1. The second-order valence-corrected chi connectivity index (χ2v) is 4.91. The highest BCUT2D eigenvalue weighted by Gasteiger charge is 2.18. The Balaban J connectivity index is 1.98. The third-order valence-electron chi connectivity index (χ3n) is 3.43. The molecule has 19 heavy (non-hydrogen) atoms. The molecule has 0 aliphatic carbocycles. The topological polar surface area (TPSA) is 15.6 Å². The van der Waals surface area contributed by atoms with Crippen molar-refractivity contribution in [1.82, 2.24) is 0 Å². The van der Waals surface area contributed by atoms with Gasteiger partial charge in [0, 0.05) is 24.3 Å². The van der Waals surface area contributed by atoms with Gasteiger partial charge in [-0.1, -0.05) is 48.0 Å². The SMILES string of the molecule is Cc1ccc(C2=NCCCN2c2ccccc2)cc1. The molecule has 1 aliphatic rings. The minimum absolute atomic E-state index is 0.923. The van der Waals surface area contributed by atoms with E-state index >= 15 is 0 Å². The molecule has 0 bridgehead atoms. The molecule has 2 aromatic rings. The molecule has 0 saturated carbocycles. The molecule has 2 nitrogen and oxygen atoms in total. The number of aliphatic imine (C=N–C) groups is 1. The van der Waals surface area contributed by atoms with Crippen LogP contribution in [0.3, 0.4) is 0 Å². The predicted molar refractivity (Wildman–Crippen MR) is 81.0 cm³/mol. The highest BCUT2D eigenvalue weighted by atomic mass is 15.2. The fourth-order valence-electron chi connectivity index (χ4n) is 2.41. The minimum atomic E-state index is 0.923. The predicted octanol–water partition coefficient (Wildman–Crippen LogP) is 3.65. The van der Waals surface area contributed by atoms with E-state index in [1.165, 1.54) is 16.8 Å². The zero-order chi connectivity index (χ0) is 13.1. The van der Waals surface area contributed by atoms with Gasteiger partial charge in [-0.05, 0) is 25.5 Å². The number of anilines is 1. The van der Waals surface area contributed by atoms with Crippen LogP contribution >= 0.6 is 0 Å². The van der Waals surface area contributed by atoms with Crippen LogP contribution < -0.4 is 4.90 Å². The first kappa shape index (κ1) is 12.0. The van der Waals surface area contributed by atoms with Crippen LogP contribution in [0.1, 0.15) is 17.5 Å². The molecule has 2 heteroatoms. The van der Waals surface area contributed by atoms with Gasteiger partial charge in [-0.25, -0.2) is 0 Å². The summed E-state index contributed by atoms with van der Waals surface area (Å²) < 4.78 is 0. The number of rotatable bonds is 2. The van der Waals surface area contributed by atoms with Crippen LogP contribution in [0.2, 0.25) is 0 Å². The molecular formula is C17H18N2. The van der Waals surface area contributed by atoms with Crippen molar-refractivity contribution in [2.75, 3.05) is 18.0 Å². The molecule has 3 rings (SSSR count). The summed E-state index contributed by atoms with van der Waals surface area (Å²) in [6, 6.07) is 19.1. The van der Waals surface area contributed by atoms with Gasteiger partial charge >= 0.3 is 0 Å². The standard InChI is InChI=1S/C17H18N2/c1-14-8-10-15(11-9-14)17-18-12-5-13-19(17)16-6-3-2-4-7-16/h2-4,6-11H,5,12-13H2,1H3. The van der Waals surface area contributed by atoms with E-state index in [2.05, 4.69) is 66.4 Å². The fourth-order valence-corrected chi connectivity index (χ4v) is 2.41. The highest BCUT2D eigenvalue weighted by Crippen LogP contribution is 2.20. The summed E-state index contributed by atoms with van der Waals surface area (Å²) in [7, 11) is 0. The van der Waals surface area contributed by atoms with Crippen molar-refractivity contribution in [1.29, 1.82) is 0 Å². The highest BCUT2D eigenvalue weighted by molar-refractivity contribution is 6.10. The number of nitrogens with zero attached hydrogens (tertiary/aromatic N) is 2. The van der Waals surface area contributed by atoms with E-state index in [4.69, 9.17) is 4.99 Å². The zero-order valence-corrected chi connectivity index (χ0v) is 11.2. The van der Waals surface area contributed by atoms with Crippen molar-refractivity contribution in [2.45, 2.75) is 13.3 Å². The Hall–Kier alpha value is -2.09. The first-order chi connectivity index (χ1) is 9.34. The van der Waals surface area contributed by atoms with Crippen LogP contribution in [-0.2, 0) is 0 Å².